The largest absolute Gasteiger partial charge is 0.393 e. The van der Waals surface area contributed by atoms with Crippen LogP contribution in [-0.2, 0) is 9.59 Å². The Morgan fingerprint density at radius 3 is 2.52 bits per heavy atom. The van der Waals surface area contributed by atoms with Gasteiger partial charge in [0.05, 0.1) is 18.1 Å². The molecule has 0 aromatic carbocycles. The molecule has 5 nitrogen and oxygen atoms in total. The summed E-state index contributed by atoms with van der Waals surface area (Å²) in [7, 11) is 1.61. The summed E-state index contributed by atoms with van der Waals surface area (Å²) in [6, 6.07) is 0. The summed E-state index contributed by atoms with van der Waals surface area (Å²) >= 11 is 0. The maximum atomic E-state index is 14.1. The maximum absolute atomic E-state index is 14.1. The zero-order valence-corrected chi connectivity index (χ0v) is 12.0. The van der Waals surface area contributed by atoms with Crippen molar-refractivity contribution in [1.82, 2.24) is 9.80 Å². The van der Waals surface area contributed by atoms with E-state index in [1.165, 1.54) is 4.90 Å². The van der Waals surface area contributed by atoms with E-state index in [4.69, 9.17) is 0 Å². The summed E-state index contributed by atoms with van der Waals surface area (Å²) in [5, 5.41) is 9.27. The van der Waals surface area contributed by atoms with Crippen molar-refractivity contribution in [3.63, 3.8) is 0 Å². The molecule has 1 spiro atoms. The van der Waals surface area contributed by atoms with E-state index in [0.717, 1.165) is 4.90 Å². The molecule has 1 aliphatic carbocycles. The van der Waals surface area contributed by atoms with Gasteiger partial charge in [-0.25, -0.2) is 8.78 Å². The Bertz CT molecular complexity index is 479. The first-order valence-corrected chi connectivity index (χ1v) is 7.33. The highest BCUT2D eigenvalue weighted by atomic mass is 19.3. The molecular weight excluding hydrogens is 282 g/mol. The molecule has 0 aromatic rings. The molecule has 2 aliphatic heterocycles. The van der Waals surface area contributed by atoms with Crippen molar-refractivity contribution in [2.24, 2.45) is 11.3 Å². The number of piperidine rings is 1. The zero-order valence-electron chi connectivity index (χ0n) is 12.0. The summed E-state index contributed by atoms with van der Waals surface area (Å²) in [6.07, 6.45) is 0.0658. The molecule has 0 unspecified atom stereocenters. The maximum Gasteiger partial charge on any atom is 0.266 e. The number of likely N-dealkylation sites (tertiary alicyclic amines) is 2. The van der Waals surface area contributed by atoms with Crippen LogP contribution in [0.1, 0.15) is 25.7 Å². The monoisotopic (exact) mass is 302 g/mol. The molecule has 3 fully saturated rings. The van der Waals surface area contributed by atoms with E-state index in [9.17, 15) is 23.5 Å². The summed E-state index contributed by atoms with van der Waals surface area (Å²) < 4.78 is 28.1. The van der Waals surface area contributed by atoms with E-state index in [-0.39, 0.29) is 24.3 Å². The van der Waals surface area contributed by atoms with E-state index >= 15 is 0 Å². The second-order valence-corrected chi connectivity index (χ2v) is 6.81. The van der Waals surface area contributed by atoms with Gasteiger partial charge in [-0.3, -0.25) is 9.59 Å². The fraction of sp³-hybridized carbons (Fsp3) is 0.857. The SMILES string of the molecule is CN1CC[C@]2(CN(C(=O)C3CC(O)C3)CC(F)(F)C2)C1=O. The van der Waals surface area contributed by atoms with Crippen molar-refractivity contribution < 1.29 is 23.5 Å². The van der Waals surface area contributed by atoms with Gasteiger partial charge in [0.2, 0.25) is 11.8 Å². The van der Waals surface area contributed by atoms with Crippen LogP contribution in [0.25, 0.3) is 0 Å². The van der Waals surface area contributed by atoms with E-state index in [2.05, 4.69) is 0 Å². The molecular formula is C14H20F2N2O3. The minimum absolute atomic E-state index is 0.0805. The molecule has 0 bridgehead atoms. The number of aliphatic hydroxyl groups is 1. The van der Waals surface area contributed by atoms with Gasteiger partial charge in [0, 0.05) is 32.5 Å². The van der Waals surface area contributed by atoms with Gasteiger partial charge in [0.1, 0.15) is 0 Å². The first kappa shape index (κ1) is 14.7. The van der Waals surface area contributed by atoms with Crippen LogP contribution in [0.15, 0.2) is 0 Å². The summed E-state index contributed by atoms with van der Waals surface area (Å²) in [4.78, 5) is 27.2. The fourth-order valence-electron chi connectivity index (χ4n) is 3.82. The van der Waals surface area contributed by atoms with Crippen molar-refractivity contribution in [3.8, 4) is 0 Å². The Morgan fingerprint density at radius 2 is 2.00 bits per heavy atom. The Labute approximate surface area is 121 Å². The predicted molar refractivity (Wildman–Crippen MR) is 69.6 cm³/mol. The lowest BCUT2D eigenvalue weighted by Gasteiger charge is -2.45. The van der Waals surface area contributed by atoms with Crippen molar-refractivity contribution in [3.05, 3.63) is 0 Å². The Balaban J connectivity index is 1.79. The Kier molecular flexibility index (Phi) is 3.24. The molecule has 118 valence electrons. The number of hydrogen-bond donors (Lipinski definition) is 1. The molecule has 2 heterocycles. The normalized spacial score (nSPS) is 38.8. The Morgan fingerprint density at radius 1 is 1.33 bits per heavy atom. The van der Waals surface area contributed by atoms with E-state index in [1.807, 2.05) is 0 Å². The first-order chi connectivity index (χ1) is 9.72. The number of carbonyl (C=O) groups is 2. The molecule has 21 heavy (non-hydrogen) atoms. The van der Waals surface area contributed by atoms with E-state index in [1.54, 1.807) is 7.05 Å². The average molecular weight is 302 g/mol. The third kappa shape index (κ3) is 2.41. The molecule has 7 heteroatoms. The van der Waals surface area contributed by atoms with Crippen LogP contribution in [0.5, 0.6) is 0 Å². The van der Waals surface area contributed by atoms with Gasteiger partial charge in [-0.2, -0.15) is 0 Å². The number of aliphatic hydroxyl groups excluding tert-OH is 1. The van der Waals surface area contributed by atoms with Gasteiger partial charge in [-0.05, 0) is 19.3 Å². The molecule has 3 aliphatic rings. The molecule has 1 atom stereocenters. The second-order valence-electron chi connectivity index (χ2n) is 6.81. The molecule has 1 saturated carbocycles. The average Bonchev–Trinajstić information content (AvgIpc) is 2.61. The molecule has 2 saturated heterocycles. The second kappa shape index (κ2) is 4.63. The smallest absolute Gasteiger partial charge is 0.266 e. The number of carbonyl (C=O) groups excluding carboxylic acids is 2. The van der Waals surface area contributed by atoms with Crippen LogP contribution in [-0.4, -0.2) is 65.4 Å². The summed E-state index contributed by atoms with van der Waals surface area (Å²) in [5.74, 6) is -4.04. The number of rotatable bonds is 1. The van der Waals surface area contributed by atoms with Crippen molar-refractivity contribution in [2.75, 3.05) is 26.7 Å². The first-order valence-electron chi connectivity index (χ1n) is 7.33. The van der Waals surface area contributed by atoms with Crippen LogP contribution in [0.2, 0.25) is 0 Å². The van der Waals surface area contributed by atoms with Gasteiger partial charge in [-0.15, -0.1) is 0 Å². The minimum Gasteiger partial charge on any atom is -0.393 e. The van der Waals surface area contributed by atoms with Crippen LogP contribution in [0, 0.1) is 11.3 Å². The van der Waals surface area contributed by atoms with Crippen molar-refractivity contribution >= 4 is 11.8 Å². The van der Waals surface area contributed by atoms with Crippen molar-refractivity contribution in [1.29, 1.82) is 0 Å². The summed E-state index contributed by atoms with van der Waals surface area (Å²) in [6.45, 7) is -0.0759. The fourth-order valence-corrected chi connectivity index (χ4v) is 3.82. The van der Waals surface area contributed by atoms with Gasteiger partial charge < -0.3 is 14.9 Å². The number of hydrogen-bond acceptors (Lipinski definition) is 3. The highest BCUT2D eigenvalue weighted by Crippen LogP contribution is 2.46. The van der Waals surface area contributed by atoms with E-state index < -0.39 is 30.4 Å². The topological polar surface area (TPSA) is 60.9 Å². The van der Waals surface area contributed by atoms with Crippen LogP contribution in [0.3, 0.4) is 0 Å². The van der Waals surface area contributed by atoms with E-state index in [0.29, 0.717) is 25.8 Å². The molecule has 1 N–H and O–H groups in total. The predicted octanol–water partition coefficient (Wildman–Crippen LogP) is 0.473. The quantitative estimate of drug-likeness (QED) is 0.766. The molecule has 2 amide bonds. The van der Waals surface area contributed by atoms with Crippen LogP contribution >= 0.6 is 0 Å². The lowest BCUT2D eigenvalue weighted by molar-refractivity contribution is -0.168. The third-order valence-corrected chi connectivity index (χ3v) is 5.01. The number of halogens is 2. The number of alkyl halides is 2. The Hall–Kier alpha value is -1.24. The highest BCUT2D eigenvalue weighted by molar-refractivity contribution is 5.87. The lowest BCUT2D eigenvalue weighted by atomic mass is 9.75. The van der Waals surface area contributed by atoms with Crippen molar-refractivity contribution in [2.45, 2.75) is 37.7 Å². The van der Waals surface area contributed by atoms with Gasteiger partial charge >= 0.3 is 0 Å². The number of amides is 2. The third-order valence-electron chi connectivity index (χ3n) is 5.01. The summed E-state index contributed by atoms with van der Waals surface area (Å²) in [5.41, 5.74) is -1.13. The van der Waals surface area contributed by atoms with Crippen LogP contribution < -0.4 is 0 Å². The van der Waals surface area contributed by atoms with Gasteiger partial charge in [0.15, 0.2) is 0 Å². The van der Waals surface area contributed by atoms with Crippen LogP contribution in [0.4, 0.5) is 8.78 Å². The number of nitrogens with zero attached hydrogens (tertiary/aromatic N) is 2. The molecule has 3 rings (SSSR count). The standard InChI is InChI=1S/C14H20F2N2O3/c1-17-3-2-13(12(17)21)6-14(15,16)8-18(7-13)11(20)9-4-10(19)5-9/h9-10,19H,2-8H2,1H3/t9?,10?,13-/m0/s1. The highest BCUT2D eigenvalue weighted by Gasteiger charge is 2.57. The molecule has 0 aromatic heterocycles. The zero-order chi connectivity index (χ0) is 15.4. The van der Waals surface area contributed by atoms with Gasteiger partial charge in [0.25, 0.3) is 5.92 Å². The minimum atomic E-state index is -3.03. The molecule has 0 radical (unpaired) electrons. The lowest BCUT2D eigenvalue weighted by Crippen LogP contribution is -2.59. The van der Waals surface area contributed by atoms with Gasteiger partial charge in [-0.1, -0.05) is 0 Å².